The molecule has 4 aromatic heterocycles. The molecule has 0 aliphatic heterocycles. The van der Waals surface area contributed by atoms with Gasteiger partial charge in [0, 0.05) is 71.2 Å². The van der Waals surface area contributed by atoms with Gasteiger partial charge in [0.1, 0.15) is 11.4 Å². The molecule has 8 rings (SSSR count). The molecule has 0 radical (unpaired) electrons. The summed E-state index contributed by atoms with van der Waals surface area (Å²) in [5, 5.41) is 18.1. The van der Waals surface area contributed by atoms with E-state index in [4.69, 9.17) is 21.3 Å². The Labute approximate surface area is 402 Å². The number of nitrogens with one attached hydrogen (secondary N) is 2. The molecule has 0 saturated carbocycles. The molecule has 8 aromatic rings. The molecule has 0 aliphatic rings. The Morgan fingerprint density at radius 2 is 1.06 bits per heavy atom. The minimum Gasteiger partial charge on any atom is -0.870 e. The number of aromatic nitrogens is 4. The number of anilines is 2. The fourth-order valence-corrected chi connectivity index (χ4v) is 7.04. The maximum Gasteiger partial charge on any atom is 1.00 e. The number of pyridine rings is 4. The first-order chi connectivity index (χ1) is 31.1. The summed E-state index contributed by atoms with van der Waals surface area (Å²) >= 11 is 0. The maximum atomic E-state index is 13.2. The van der Waals surface area contributed by atoms with Crippen molar-refractivity contribution in [1.29, 1.82) is 0 Å². The number of para-hydroxylation sites is 2. The third-order valence-electron chi connectivity index (χ3n) is 10.1. The zero-order valence-electron chi connectivity index (χ0n) is 36.3. The number of carboxylic acids is 1. The number of hydrogen-bond acceptors (Lipinski definition) is 12. The zero-order valence-corrected chi connectivity index (χ0v) is 38.3. The second kappa shape index (κ2) is 23.6. The molecule has 0 spiro atoms. The normalized spacial score (nSPS) is 10.4. The largest absolute Gasteiger partial charge is 1.00 e. The van der Waals surface area contributed by atoms with Gasteiger partial charge in [-0.05, 0) is 88.5 Å². The van der Waals surface area contributed by atoms with Crippen molar-refractivity contribution in [3.05, 3.63) is 180 Å². The van der Waals surface area contributed by atoms with Gasteiger partial charge in [0.05, 0.1) is 30.8 Å². The van der Waals surface area contributed by atoms with Crippen molar-refractivity contribution >= 4 is 56.7 Å². The second-order valence-electron chi connectivity index (χ2n) is 14.5. The van der Waals surface area contributed by atoms with Gasteiger partial charge >= 0.3 is 41.5 Å². The summed E-state index contributed by atoms with van der Waals surface area (Å²) in [5.41, 5.74) is 19.1. The maximum absolute atomic E-state index is 13.2. The number of nitrogens with two attached hydrogens (primary N) is 2. The van der Waals surface area contributed by atoms with Crippen molar-refractivity contribution in [2.45, 2.75) is 32.9 Å². The minimum atomic E-state index is -0.972. The SMILES string of the molecule is CCOC(=O)Cc1ccccc1NC(=O)c1cc2ccncc2c(-c2cccc(CN)c2)n1.NCc1cccc(-c2nc(C(=O)Nc3ccccc3CC(=O)O)cc3ccncc23)c1.[Na+].[OH-]. The molecular weight excluding hydrogens is 848 g/mol. The number of hydrogen-bond donors (Lipinski definition) is 5. The summed E-state index contributed by atoms with van der Waals surface area (Å²) in [7, 11) is 0. The molecule has 4 aromatic carbocycles. The van der Waals surface area contributed by atoms with Gasteiger partial charge in [-0.1, -0.05) is 72.8 Å². The van der Waals surface area contributed by atoms with Gasteiger partial charge < -0.3 is 37.4 Å². The van der Waals surface area contributed by atoms with E-state index in [2.05, 4.69) is 30.6 Å². The number of carbonyl (C=O) groups excluding carboxylic acids is 3. The molecule has 0 saturated heterocycles. The topological polar surface area (TPSA) is 255 Å². The van der Waals surface area contributed by atoms with E-state index >= 15 is 0 Å². The number of rotatable bonds is 13. The molecule has 0 fully saturated rings. The van der Waals surface area contributed by atoms with Gasteiger partial charge in [-0.3, -0.25) is 29.1 Å². The van der Waals surface area contributed by atoms with Crippen LogP contribution in [0.1, 0.15) is 50.2 Å². The van der Waals surface area contributed by atoms with Crippen molar-refractivity contribution in [2.75, 3.05) is 17.2 Å². The minimum absolute atomic E-state index is 0. The number of nitrogens with zero attached hydrogens (tertiary/aromatic N) is 4. The van der Waals surface area contributed by atoms with Crippen LogP contribution < -0.4 is 51.7 Å². The van der Waals surface area contributed by atoms with Crippen molar-refractivity contribution in [3.63, 3.8) is 0 Å². The molecule has 4 heterocycles. The van der Waals surface area contributed by atoms with Gasteiger partial charge in [-0.15, -0.1) is 0 Å². The molecule has 0 aliphatic carbocycles. The Hall–Kier alpha value is -7.24. The number of amides is 2. The Kier molecular flexibility index (Phi) is 17.8. The standard InChI is InChI=1S/C26H24N4O3.C24H20N4O3.Na.H2O/c1-2-33-24(31)14-19-7-3-4-9-22(19)30-26(32)23-13-18-10-11-28-16-21(18)25(29-23)20-8-5-6-17(12-20)15-27;25-13-15-4-3-6-18(10-15)23-19-14-26-9-8-16(19)11-21(27-23)24(31)28-20-7-2-1-5-17(20)12-22(29)30;;/h3-13,16H,2,14-15,27H2,1H3,(H,30,32);1-11,14H,12-13,25H2,(H,28,31)(H,29,30);;1H2/q;;+1;/p-1. The molecule has 15 nitrogen and oxygen atoms in total. The van der Waals surface area contributed by atoms with Gasteiger partial charge in [-0.25, -0.2) is 9.97 Å². The number of esters is 1. The first-order valence-corrected chi connectivity index (χ1v) is 20.4. The van der Waals surface area contributed by atoms with Crippen molar-refractivity contribution in [3.8, 4) is 22.5 Å². The Balaban J connectivity index is 0.000000241. The Morgan fingerprint density at radius 1 is 0.606 bits per heavy atom. The molecule has 16 heteroatoms. The van der Waals surface area contributed by atoms with Crippen LogP contribution in [0.2, 0.25) is 0 Å². The molecule has 0 atom stereocenters. The van der Waals surface area contributed by atoms with Gasteiger partial charge in [0.15, 0.2) is 0 Å². The van der Waals surface area contributed by atoms with Crippen LogP contribution in [0, 0.1) is 0 Å². The third-order valence-corrected chi connectivity index (χ3v) is 10.1. The van der Waals surface area contributed by atoms with Crippen LogP contribution in [0.4, 0.5) is 11.4 Å². The van der Waals surface area contributed by atoms with E-state index in [1.807, 2.05) is 66.7 Å². The summed E-state index contributed by atoms with van der Waals surface area (Å²) in [4.78, 5) is 67.1. The molecule has 0 unspecified atom stereocenters. The zero-order chi connectivity index (χ0) is 45.0. The fraction of sp³-hybridized carbons (Fsp3) is 0.120. The van der Waals surface area contributed by atoms with Gasteiger partial charge in [0.2, 0.25) is 0 Å². The van der Waals surface area contributed by atoms with Crippen LogP contribution in [-0.4, -0.2) is 60.9 Å². The number of carbonyl (C=O) groups is 4. The monoisotopic (exact) mass is 892 g/mol. The van der Waals surface area contributed by atoms with Crippen molar-refractivity contribution in [2.24, 2.45) is 11.5 Å². The summed E-state index contributed by atoms with van der Waals surface area (Å²) in [5.74, 6) is -2.12. The number of aliphatic carboxylic acids is 1. The quantitative estimate of drug-likeness (QED) is 0.0786. The average molecular weight is 893 g/mol. The smallest absolute Gasteiger partial charge is 0.870 e. The average Bonchev–Trinajstić information content (AvgIpc) is 3.32. The Morgan fingerprint density at radius 3 is 1.50 bits per heavy atom. The molecule has 8 N–H and O–H groups in total. The number of fused-ring (bicyclic) bond motifs is 2. The van der Waals surface area contributed by atoms with E-state index in [-0.39, 0.29) is 71.1 Å². The van der Waals surface area contributed by atoms with Crippen LogP contribution in [0.15, 0.2) is 146 Å². The Bertz CT molecular complexity index is 3020. The molecule has 2 amide bonds. The van der Waals surface area contributed by atoms with Crippen LogP contribution >= 0.6 is 0 Å². The van der Waals surface area contributed by atoms with Crippen molar-refractivity contribution in [1.82, 2.24) is 19.9 Å². The number of ether oxygens (including phenoxy) is 1. The predicted molar refractivity (Wildman–Crippen MR) is 248 cm³/mol. The van der Waals surface area contributed by atoms with E-state index in [0.717, 1.165) is 43.8 Å². The number of carboxylic acid groups (broad SMARTS) is 1. The summed E-state index contributed by atoms with van der Waals surface area (Å²) in [6.45, 7) is 2.86. The molecule has 0 bridgehead atoms. The van der Waals surface area contributed by atoms with Crippen LogP contribution in [-0.2, 0) is 40.3 Å². The van der Waals surface area contributed by atoms with E-state index in [1.165, 1.54) is 0 Å². The van der Waals surface area contributed by atoms with E-state index in [1.54, 1.807) is 86.3 Å². The fourth-order valence-electron chi connectivity index (χ4n) is 7.04. The third kappa shape index (κ3) is 12.3. The number of benzene rings is 4. The first kappa shape index (κ1) is 49.8. The molecule has 66 heavy (non-hydrogen) atoms. The predicted octanol–water partition coefficient (Wildman–Crippen LogP) is 4.58. The molecule has 328 valence electrons. The van der Waals surface area contributed by atoms with Gasteiger partial charge in [-0.2, -0.15) is 0 Å². The summed E-state index contributed by atoms with van der Waals surface area (Å²) < 4.78 is 5.04. The van der Waals surface area contributed by atoms with Crippen LogP contribution in [0.5, 0.6) is 0 Å². The summed E-state index contributed by atoms with van der Waals surface area (Å²) in [6, 6.07) is 36.5. The van der Waals surface area contributed by atoms with E-state index in [9.17, 15) is 19.2 Å². The van der Waals surface area contributed by atoms with Crippen LogP contribution in [0.25, 0.3) is 44.1 Å². The first-order valence-electron chi connectivity index (χ1n) is 20.4. The summed E-state index contributed by atoms with van der Waals surface area (Å²) in [6.07, 6.45) is 6.67. The van der Waals surface area contributed by atoms with Crippen molar-refractivity contribution < 1.29 is 64.1 Å². The van der Waals surface area contributed by atoms with E-state index in [0.29, 0.717) is 53.6 Å². The molecular formula is C50H45N8NaO7. The second-order valence-corrected chi connectivity index (χ2v) is 14.5. The van der Waals surface area contributed by atoms with Crippen LogP contribution in [0.3, 0.4) is 0 Å². The van der Waals surface area contributed by atoms with Gasteiger partial charge in [0.25, 0.3) is 11.8 Å². The van der Waals surface area contributed by atoms with E-state index < -0.39 is 11.9 Å².